The van der Waals surface area contributed by atoms with E-state index in [9.17, 15) is 9.59 Å². The predicted molar refractivity (Wildman–Crippen MR) is 108 cm³/mol. The fourth-order valence-electron chi connectivity index (χ4n) is 3.12. The summed E-state index contributed by atoms with van der Waals surface area (Å²) in [6.07, 6.45) is 2.88. The average molecular weight is 373 g/mol. The molecule has 140 valence electrons. The fraction of sp³-hybridized carbons (Fsp3) is 0.143. The summed E-state index contributed by atoms with van der Waals surface area (Å²) in [5.74, 6) is -0.292. The standard InChI is InChI=1S/C21H19N5O2/c1-14-6-5-8-16(10-14)24-19(27)12-25-13-22-20-17(21(25)28)11-23-26(20)18-9-4-3-7-15(18)2/h3-11,13H,12H2,1-2H3,(H,24,27). The lowest BCUT2D eigenvalue weighted by Crippen LogP contribution is -2.27. The summed E-state index contributed by atoms with van der Waals surface area (Å²) in [6, 6.07) is 15.2. The summed E-state index contributed by atoms with van der Waals surface area (Å²) in [6.45, 7) is 3.80. The highest BCUT2D eigenvalue weighted by molar-refractivity contribution is 5.90. The van der Waals surface area contributed by atoms with Crippen LogP contribution < -0.4 is 10.9 Å². The topological polar surface area (TPSA) is 81.8 Å². The number of rotatable bonds is 4. The second kappa shape index (κ2) is 7.11. The molecule has 0 bridgehead atoms. The van der Waals surface area contributed by atoms with Gasteiger partial charge in [0.15, 0.2) is 5.65 Å². The number of para-hydroxylation sites is 1. The third kappa shape index (κ3) is 3.29. The maximum atomic E-state index is 12.8. The molecule has 0 saturated carbocycles. The van der Waals surface area contributed by atoms with E-state index >= 15 is 0 Å². The van der Waals surface area contributed by atoms with Gasteiger partial charge in [0.2, 0.25) is 5.91 Å². The molecule has 0 fully saturated rings. The van der Waals surface area contributed by atoms with Gasteiger partial charge in [-0.3, -0.25) is 14.2 Å². The molecule has 0 aliphatic carbocycles. The first-order valence-electron chi connectivity index (χ1n) is 8.88. The van der Waals surface area contributed by atoms with Crippen LogP contribution in [0.4, 0.5) is 5.69 Å². The van der Waals surface area contributed by atoms with E-state index in [-0.39, 0.29) is 18.0 Å². The zero-order valence-corrected chi connectivity index (χ0v) is 15.6. The van der Waals surface area contributed by atoms with Crippen molar-refractivity contribution < 1.29 is 4.79 Å². The Labute approximate surface area is 161 Å². The van der Waals surface area contributed by atoms with Gasteiger partial charge in [-0.1, -0.05) is 30.3 Å². The summed E-state index contributed by atoms with van der Waals surface area (Å²) in [7, 11) is 0. The first kappa shape index (κ1) is 17.7. The van der Waals surface area contributed by atoms with Crippen LogP contribution in [0.1, 0.15) is 11.1 Å². The number of carbonyl (C=O) groups excluding carboxylic acids is 1. The smallest absolute Gasteiger partial charge is 0.264 e. The summed E-state index contributed by atoms with van der Waals surface area (Å²) in [5.41, 5.74) is 3.79. The van der Waals surface area contributed by atoms with Crippen LogP contribution in [0, 0.1) is 13.8 Å². The van der Waals surface area contributed by atoms with Crippen LogP contribution in [-0.2, 0) is 11.3 Å². The molecule has 4 aromatic rings. The summed E-state index contributed by atoms with van der Waals surface area (Å²) < 4.78 is 2.93. The first-order valence-corrected chi connectivity index (χ1v) is 8.88. The SMILES string of the molecule is Cc1cccc(NC(=O)Cn2cnc3c(cnn3-c3ccccc3C)c2=O)c1. The van der Waals surface area contributed by atoms with Gasteiger partial charge in [-0.15, -0.1) is 0 Å². The first-order chi connectivity index (χ1) is 13.5. The van der Waals surface area contributed by atoms with Gasteiger partial charge >= 0.3 is 0 Å². The molecule has 1 N–H and O–H groups in total. The van der Waals surface area contributed by atoms with Crippen LogP contribution in [0.2, 0.25) is 0 Å². The lowest BCUT2D eigenvalue weighted by atomic mass is 10.2. The van der Waals surface area contributed by atoms with E-state index in [1.165, 1.54) is 17.1 Å². The van der Waals surface area contributed by atoms with Crippen LogP contribution in [0.15, 0.2) is 65.8 Å². The van der Waals surface area contributed by atoms with E-state index in [1.807, 2.05) is 56.3 Å². The van der Waals surface area contributed by atoms with Gasteiger partial charge in [-0.05, 0) is 43.2 Å². The van der Waals surface area contributed by atoms with Crippen molar-refractivity contribution in [3.8, 4) is 5.69 Å². The van der Waals surface area contributed by atoms with Crippen molar-refractivity contribution in [2.24, 2.45) is 0 Å². The van der Waals surface area contributed by atoms with Crippen LogP contribution >= 0.6 is 0 Å². The molecule has 0 saturated heterocycles. The van der Waals surface area contributed by atoms with Crippen molar-refractivity contribution >= 4 is 22.6 Å². The number of carbonyl (C=O) groups is 1. The molecule has 2 heterocycles. The zero-order valence-electron chi connectivity index (χ0n) is 15.6. The molecule has 0 atom stereocenters. The average Bonchev–Trinajstić information content (AvgIpc) is 3.09. The van der Waals surface area contributed by atoms with Gasteiger partial charge < -0.3 is 5.32 Å². The van der Waals surface area contributed by atoms with Gasteiger partial charge in [0.1, 0.15) is 18.3 Å². The van der Waals surface area contributed by atoms with Crippen LogP contribution in [0.25, 0.3) is 16.7 Å². The number of hydrogen-bond donors (Lipinski definition) is 1. The highest BCUT2D eigenvalue weighted by Crippen LogP contribution is 2.17. The highest BCUT2D eigenvalue weighted by atomic mass is 16.2. The van der Waals surface area contributed by atoms with Crippen molar-refractivity contribution in [2.75, 3.05) is 5.32 Å². The van der Waals surface area contributed by atoms with Crippen LogP contribution in [-0.4, -0.2) is 25.2 Å². The predicted octanol–water partition coefficient (Wildman–Crippen LogP) is 2.84. The molecule has 0 spiro atoms. The molecule has 0 aliphatic heterocycles. The fourth-order valence-corrected chi connectivity index (χ4v) is 3.12. The Balaban J connectivity index is 1.63. The van der Waals surface area contributed by atoms with Gasteiger partial charge in [0, 0.05) is 5.69 Å². The molecule has 0 unspecified atom stereocenters. The number of aromatic nitrogens is 4. The molecule has 2 aromatic heterocycles. The number of fused-ring (bicyclic) bond motifs is 1. The summed E-state index contributed by atoms with van der Waals surface area (Å²) >= 11 is 0. The number of benzene rings is 2. The number of anilines is 1. The Hall–Kier alpha value is -3.74. The van der Waals surface area contributed by atoms with Crippen LogP contribution in [0.3, 0.4) is 0 Å². The van der Waals surface area contributed by atoms with Crippen molar-refractivity contribution in [1.82, 2.24) is 19.3 Å². The lowest BCUT2D eigenvalue weighted by molar-refractivity contribution is -0.116. The van der Waals surface area contributed by atoms with Gasteiger partial charge in [0.25, 0.3) is 5.56 Å². The highest BCUT2D eigenvalue weighted by Gasteiger charge is 2.14. The molecular formula is C21H19N5O2. The van der Waals surface area contributed by atoms with E-state index in [2.05, 4.69) is 15.4 Å². The zero-order chi connectivity index (χ0) is 19.7. The van der Waals surface area contributed by atoms with Crippen molar-refractivity contribution in [2.45, 2.75) is 20.4 Å². The number of aryl methyl sites for hydroxylation is 2. The quantitative estimate of drug-likeness (QED) is 0.596. The van der Waals surface area contributed by atoms with Crippen molar-refractivity contribution in [1.29, 1.82) is 0 Å². The number of hydrogen-bond acceptors (Lipinski definition) is 4. The van der Waals surface area contributed by atoms with Crippen LogP contribution in [0.5, 0.6) is 0 Å². The molecule has 7 nitrogen and oxygen atoms in total. The Morgan fingerprint density at radius 2 is 1.93 bits per heavy atom. The second-order valence-electron chi connectivity index (χ2n) is 6.68. The lowest BCUT2D eigenvalue weighted by Gasteiger charge is -2.09. The van der Waals surface area contributed by atoms with E-state index < -0.39 is 0 Å². The summed E-state index contributed by atoms with van der Waals surface area (Å²) in [5, 5.41) is 7.49. The molecule has 0 radical (unpaired) electrons. The van der Waals surface area contributed by atoms with Crippen molar-refractivity contribution in [3.63, 3.8) is 0 Å². The second-order valence-corrected chi connectivity index (χ2v) is 6.68. The van der Waals surface area contributed by atoms with E-state index in [1.54, 1.807) is 10.7 Å². The number of nitrogens with zero attached hydrogens (tertiary/aromatic N) is 4. The van der Waals surface area contributed by atoms with Crippen molar-refractivity contribution in [3.05, 3.63) is 82.5 Å². The number of nitrogens with one attached hydrogen (secondary N) is 1. The molecule has 28 heavy (non-hydrogen) atoms. The Morgan fingerprint density at radius 3 is 2.71 bits per heavy atom. The Morgan fingerprint density at radius 1 is 1.11 bits per heavy atom. The molecule has 7 heteroatoms. The van der Waals surface area contributed by atoms with Gasteiger partial charge in [-0.2, -0.15) is 5.10 Å². The third-order valence-electron chi connectivity index (χ3n) is 4.51. The van der Waals surface area contributed by atoms with Gasteiger partial charge in [0.05, 0.1) is 11.9 Å². The van der Waals surface area contributed by atoms with E-state index in [0.717, 1.165) is 16.8 Å². The van der Waals surface area contributed by atoms with E-state index in [0.29, 0.717) is 16.7 Å². The maximum Gasteiger partial charge on any atom is 0.264 e. The minimum atomic E-state index is -0.302. The molecular weight excluding hydrogens is 354 g/mol. The summed E-state index contributed by atoms with van der Waals surface area (Å²) in [4.78, 5) is 29.5. The maximum absolute atomic E-state index is 12.8. The van der Waals surface area contributed by atoms with E-state index in [4.69, 9.17) is 0 Å². The third-order valence-corrected chi connectivity index (χ3v) is 4.51. The molecule has 0 aliphatic rings. The minimum Gasteiger partial charge on any atom is -0.325 e. The molecule has 1 amide bonds. The monoisotopic (exact) mass is 373 g/mol. The Bertz CT molecular complexity index is 1240. The van der Waals surface area contributed by atoms with Gasteiger partial charge in [-0.25, -0.2) is 9.67 Å². The Kier molecular flexibility index (Phi) is 4.49. The minimum absolute atomic E-state index is 0.120. The normalized spacial score (nSPS) is 10.9. The molecule has 4 rings (SSSR count). The largest absolute Gasteiger partial charge is 0.325 e. The number of amides is 1. The molecule has 2 aromatic carbocycles.